The second-order valence-corrected chi connectivity index (χ2v) is 27.7. The molecule has 488 valence electrons. The zero-order chi connectivity index (χ0) is 62.1. The van der Waals surface area contributed by atoms with Gasteiger partial charge in [-0.25, -0.2) is 0 Å². The van der Waals surface area contributed by atoms with Crippen LogP contribution in [0.25, 0.3) is 0 Å². The van der Waals surface area contributed by atoms with E-state index in [1.165, 1.54) is 20.8 Å². The van der Waals surface area contributed by atoms with Crippen LogP contribution in [0, 0.1) is 50.7 Å². The number of rotatable bonds is 12. The van der Waals surface area contributed by atoms with E-state index in [1.807, 2.05) is 6.92 Å². The third-order valence-corrected chi connectivity index (χ3v) is 22.9. The predicted molar refractivity (Wildman–Crippen MR) is 285 cm³/mol. The van der Waals surface area contributed by atoms with Crippen molar-refractivity contribution in [3.63, 3.8) is 0 Å². The molecule has 5 saturated heterocycles. The third-order valence-electron chi connectivity index (χ3n) is 22.9. The first-order chi connectivity index (χ1) is 39.8. The Morgan fingerprint density at radius 2 is 1.13 bits per heavy atom. The molecule has 0 aromatic heterocycles. The molecule has 27 heteroatoms. The summed E-state index contributed by atoms with van der Waals surface area (Å²) in [6.45, 7) is 13.1. The first kappa shape index (κ1) is 66.1. The van der Waals surface area contributed by atoms with Gasteiger partial charge in [0.15, 0.2) is 31.3 Å². The number of allylic oxidation sites excluding steroid dienone is 2. The fraction of sp³-hybridized carbons (Fsp3) is 0.948. The topological polar surface area (TPSA) is 433 Å². The molecule has 0 amide bonds. The summed E-state index contributed by atoms with van der Waals surface area (Å²) < 4.78 is 59.3. The lowest BCUT2D eigenvalue weighted by atomic mass is 9.33. The molecule has 4 saturated carbocycles. The maximum Gasteiger partial charge on any atom is 0.317 e. The Morgan fingerprint density at radius 3 is 1.78 bits per heavy atom. The molecule has 0 aromatic rings. The molecule has 27 nitrogen and oxygen atoms in total. The normalized spacial score (nSPS) is 57.3. The van der Waals surface area contributed by atoms with Gasteiger partial charge in [-0.15, -0.1) is 0 Å². The summed E-state index contributed by atoms with van der Waals surface area (Å²) in [6.07, 6.45) is -36.6. The van der Waals surface area contributed by atoms with Gasteiger partial charge in [-0.05, 0) is 112 Å². The van der Waals surface area contributed by atoms with Crippen LogP contribution in [0.5, 0.6) is 0 Å². The molecule has 36 atom stereocenters. The van der Waals surface area contributed by atoms with Crippen molar-refractivity contribution in [1.82, 2.24) is 0 Å². The van der Waals surface area contributed by atoms with E-state index in [2.05, 4.69) is 33.8 Å². The number of hydrogen-bond donors (Lipinski definition) is 16. The Labute approximate surface area is 493 Å². The fourth-order valence-electron chi connectivity index (χ4n) is 17.7. The molecule has 85 heavy (non-hydrogen) atoms. The molecule has 5 heterocycles. The first-order valence-corrected chi connectivity index (χ1v) is 30.4. The maximum absolute atomic E-state index is 15.4. The molecule has 16 N–H and O–H groups in total. The largest absolute Gasteiger partial charge is 0.432 e. The minimum Gasteiger partial charge on any atom is -0.432 e. The molecule has 10 rings (SSSR count). The van der Waals surface area contributed by atoms with Gasteiger partial charge < -0.3 is 129 Å². The summed E-state index contributed by atoms with van der Waals surface area (Å²) in [5.41, 5.74) is -3.61. The van der Waals surface area contributed by atoms with E-state index in [-0.39, 0.29) is 37.0 Å². The van der Waals surface area contributed by atoms with Crippen LogP contribution in [0.15, 0.2) is 11.6 Å². The number of esters is 1. The summed E-state index contributed by atoms with van der Waals surface area (Å²) in [6, 6.07) is 0. The molecule has 0 radical (unpaired) electrons. The van der Waals surface area contributed by atoms with Crippen LogP contribution in [0.1, 0.15) is 107 Å². The SMILES string of the molecule is C[C@@H]1CC[C@]2(C(=O)O[C@@H]3O[C@@H](C)[C@H](O)[C@H](O)[C@@H]3O[C@@H]3O[C@H](C)[C@H](O[C@@H]4OC[C@@H](O)[C@H](O[C@@H]5O[C@H](C)[C@H](O)[C@@H](O)[C@H]5O)[C@H]4O)[C@@H](O)[C@H]3O)[C@H](O)C[C@]3(C)C(=CC[C@@H]4[C@@]5(C)C[C@H](O)[C@H](O[C@@H]6O[C@H](CO)[C@@H](O)[C@H](O)[C@H]6O)C(C)(CO)[C@@H]5CC[C@]43C)[C@@H]2C1. The van der Waals surface area contributed by atoms with Gasteiger partial charge in [0.05, 0.1) is 56.4 Å². The number of carbonyl (C=O) groups excluding carboxylic acids is 1. The van der Waals surface area contributed by atoms with E-state index in [0.29, 0.717) is 32.1 Å². The molecule has 1 unspecified atom stereocenters. The van der Waals surface area contributed by atoms with Gasteiger partial charge >= 0.3 is 5.97 Å². The number of carbonyl (C=O) groups is 1. The highest BCUT2D eigenvalue weighted by Gasteiger charge is 2.73. The van der Waals surface area contributed by atoms with E-state index in [9.17, 15) is 81.7 Å². The van der Waals surface area contributed by atoms with Crippen LogP contribution in [0.2, 0.25) is 0 Å². The summed E-state index contributed by atoms with van der Waals surface area (Å²) in [4.78, 5) is 15.4. The van der Waals surface area contributed by atoms with Crippen LogP contribution >= 0.6 is 0 Å². The van der Waals surface area contributed by atoms with E-state index in [1.54, 1.807) is 0 Å². The highest BCUT2D eigenvalue weighted by atomic mass is 16.8. The van der Waals surface area contributed by atoms with Crippen molar-refractivity contribution in [1.29, 1.82) is 0 Å². The Hall–Kier alpha value is -1.79. The minimum absolute atomic E-state index is 0.110. The number of fused-ring (bicyclic) bond motifs is 7. The molecular formula is C58H94O27. The van der Waals surface area contributed by atoms with E-state index < -0.39 is 225 Å². The summed E-state index contributed by atoms with van der Waals surface area (Å²) in [7, 11) is 0. The van der Waals surface area contributed by atoms with Gasteiger partial charge in [0, 0.05) is 5.41 Å². The molecule has 0 spiro atoms. The minimum atomic E-state index is -1.98. The van der Waals surface area contributed by atoms with Crippen molar-refractivity contribution in [2.45, 2.75) is 272 Å². The van der Waals surface area contributed by atoms with Crippen molar-refractivity contribution in [2.75, 3.05) is 19.8 Å². The maximum atomic E-state index is 15.4. The van der Waals surface area contributed by atoms with Crippen LogP contribution < -0.4 is 0 Å². The lowest BCUT2D eigenvalue weighted by Crippen LogP contribution is -2.70. The zero-order valence-electron chi connectivity index (χ0n) is 49.4. The summed E-state index contributed by atoms with van der Waals surface area (Å²) in [5.74, 6) is -1.69. The van der Waals surface area contributed by atoms with E-state index in [4.69, 9.17) is 47.4 Å². The average Bonchev–Trinajstić information content (AvgIpc) is 0.866. The second kappa shape index (κ2) is 24.4. The zero-order valence-corrected chi connectivity index (χ0v) is 49.4. The van der Waals surface area contributed by atoms with E-state index in [0.717, 1.165) is 5.57 Å². The quantitative estimate of drug-likeness (QED) is 0.0503. The van der Waals surface area contributed by atoms with Crippen molar-refractivity contribution < 1.29 is 134 Å². The molecule has 5 aliphatic heterocycles. The Kier molecular flexibility index (Phi) is 18.9. The number of aliphatic hydroxyl groups is 16. The van der Waals surface area contributed by atoms with E-state index >= 15 is 4.79 Å². The monoisotopic (exact) mass is 1220 g/mol. The van der Waals surface area contributed by atoms with Gasteiger partial charge in [0.25, 0.3) is 0 Å². The highest BCUT2D eigenvalue weighted by molar-refractivity contribution is 5.80. The van der Waals surface area contributed by atoms with Gasteiger partial charge in [0.2, 0.25) is 6.29 Å². The Bertz CT molecular complexity index is 2370. The van der Waals surface area contributed by atoms with Crippen molar-refractivity contribution in [3.05, 3.63) is 11.6 Å². The summed E-state index contributed by atoms with van der Waals surface area (Å²) in [5, 5.41) is 177. The van der Waals surface area contributed by atoms with Gasteiger partial charge in [-0.2, -0.15) is 0 Å². The lowest BCUT2D eigenvalue weighted by Gasteiger charge is -2.72. The molecule has 5 aliphatic carbocycles. The van der Waals surface area contributed by atoms with Crippen LogP contribution in [-0.2, 0) is 52.2 Å². The van der Waals surface area contributed by atoms with Crippen LogP contribution in [0.3, 0.4) is 0 Å². The standard InChI is InChI=1S/C58H94O27/c1-21-11-14-58(26(15-21)25-9-10-31-54(5)16-27(61)47(84-51-41(72)37(68)35(66)29(18-59)80-51)55(6,20-60)30(54)12-13-56(31,7)57(25,8)17-32(58)63)53(75)85-52-46(38(69)34(65)23(3)78-52)83-50-42(73)39(70)44(24(4)79-50)81-48-43(74)45(28(62)19-76-48)82-49-40(71)36(67)33(64)22(2)77-49/h9,21-24,26-52,59-74H,10-20H2,1-8H3/t21-,22-,23+,24-,26+,27+,28-,29-,30-,31-,32-,33+,34+,35-,36-,37+,38+,39+,40-,41-,42-,43-,44+,45+,46+,47+,48+,49+,50+,51+,52+,54+,55?,56-,57-,58-/m1/s1. The predicted octanol–water partition coefficient (Wildman–Crippen LogP) is -3.97. The van der Waals surface area contributed by atoms with Gasteiger partial charge in [-0.1, -0.05) is 46.3 Å². The number of aliphatic hydroxyl groups excluding tert-OH is 16. The highest BCUT2D eigenvalue weighted by Crippen LogP contribution is 2.76. The first-order valence-electron chi connectivity index (χ1n) is 30.4. The molecule has 0 aromatic carbocycles. The Balaban J connectivity index is 0.855. The Morgan fingerprint density at radius 1 is 0.565 bits per heavy atom. The molecule has 0 bridgehead atoms. The van der Waals surface area contributed by atoms with Crippen LogP contribution in [0.4, 0.5) is 0 Å². The molecule has 9 fully saturated rings. The smallest absolute Gasteiger partial charge is 0.317 e. The summed E-state index contributed by atoms with van der Waals surface area (Å²) >= 11 is 0. The van der Waals surface area contributed by atoms with Crippen molar-refractivity contribution in [3.8, 4) is 0 Å². The third kappa shape index (κ3) is 10.7. The number of hydrogen-bond acceptors (Lipinski definition) is 27. The fourth-order valence-corrected chi connectivity index (χ4v) is 17.7. The molecular weight excluding hydrogens is 1130 g/mol. The lowest BCUT2D eigenvalue weighted by molar-refractivity contribution is -0.380. The molecule has 10 aliphatic rings. The average molecular weight is 1220 g/mol. The van der Waals surface area contributed by atoms with Crippen molar-refractivity contribution >= 4 is 5.97 Å². The van der Waals surface area contributed by atoms with Crippen molar-refractivity contribution in [2.24, 2.45) is 50.7 Å². The second-order valence-electron chi connectivity index (χ2n) is 27.7. The van der Waals surface area contributed by atoms with Crippen LogP contribution in [-0.4, -0.2) is 273 Å². The van der Waals surface area contributed by atoms with Gasteiger partial charge in [-0.3, -0.25) is 4.79 Å². The van der Waals surface area contributed by atoms with Gasteiger partial charge in [0.1, 0.15) is 97.0 Å². The number of ether oxygens (including phenoxy) is 10.